The van der Waals surface area contributed by atoms with Crippen LogP contribution in [0.5, 0.6) is 0 Å². The molecule has 0 bridgehead atoms. The number of rotatable bonds is 3. The van der Waals surface area contributed by atoms with Crippen LogP contribution in [0.1, 0.15) is 28.9 Å². The van der Waals surface area contributed by atoms with E-state index >= 15 is 0 Å². The average Bonchev–Trinajstić information content (AvgIpc) is 3.06. The summed E-state index contributed by atoms with van der Waals surface area (Å²) < 4.78 is 6.54. The number of fused-ring (bicyclic) bond motifs is 1. The van der Waals surface area contributed by atoms with Crippen LogP contribution in [0, 0.1) is 0 Å². The normalized spacial score (nSPS) is 16.5. The number of carbonyl (C=O) groups excluding carboxylic acids is 1. The zero-order valence-corrected chi connectivity index (χ0v) is 16.4. The number of aromatic nitrogens is 1. The lowest BCUT2D eigenvalue weighted by molar-refractivity contribution is 0.0344. The summed E-state index contributed by atoms with van der Waals surface area (Å²) in [4.78, 5) is 16.2. The van der Waals surface area contributed by atoms with E-state index in [4.69, 9.17) is 16.3 Å². The van der Waals surface area contributed by atoms with E-state index in [0.717, 1.165) is 33.8 Å². The van der Waals surface area contributed by atoms with E-state index in [1.807, 2.05) is 36.4 Å². The summed E-state index contributed by atoms with van der Waals surface area (Å²) in [6.45, 7) is 1.24. The Morgan fingerprint density at radius 2 is 1.96 bits per heavy atom. The van der Waals surface area contributed by atoms with Crippen LogP contribution in [0.4, 0.5) is 0 Å². The van der Waals surface area contributed by atoms with Gasteiger partial charge in [-0.1, -0.05) is 45.7 Å². The molecule has 1 saturated heterocycles. The number of nitrogens with one attached hydrogen (secondary N) is 2. The van der Waals surface area contributed by atoms with Gasteiger partial charge in [0.15, 0.2) is 0 Å². The molecule has 0 unspecified atom stereocenters. The van der Waals surface area contributed by atoms with Crippen LogP contribution in [0.2, 0.25) is 5.02 Å². The predicted molar refractivity (Wildman–Crippen MR) is 107 cm³/mol. The maximum absolute atomic E-state index is 13.0. The molecule has 26 heavy (non-hydrogen) atoms. The average molecular weight is 434 g/mol. The molecule has 0 spiro atoms. The smallest absolute Gasteiger partial charge is 0.268 e. The fraction of sp³-hybridized carbons (Fsp3) is 0.250. The molecule has 4 rings (SSSR count). The van der Waals surface area contributed by atoms with Gasteiger partial charge in [0.1, 0.15) is 5.69 Å². The van der Waals surface area contributed by atoms with E-state index in [1.165, 1.54) is 0 Å². The van der Waals surface area contributed by atoms with Gasteiger partial charge in [-0.05, 0) is 48.7 Å². The van der Waals surface area contributed by atoms with E-state index < -0.39 is 5.54 Å². The predicted octanol–water partition coefficient (Wildman–Crippen LogP) is 5.02. The minimum Gasteiger partial charge on any atom is -0.381 e. The fourth-order valence-electron chi connectivity index (χ4n) is 3.50. The van der Waals surface area contributed by atoms with Gasteiger partial charge in [0, 0.05) is 33.6 Å². The lowest BCUT2D eigenvalue weighted by Gasteiger charge is -2.38. The molecule has 0 saturated carbocycles. The first kappa shape index (κ1) is 17.6. The number of benzene rings is 2. The molecule has 1 aliphatic rings. The largest absolute Gasteiger partial charge is 0.381 e. The molecule has 1 aliphatic heterocycles. The van der Waals surface area contributed by atoms with Gasteiger partial charge in [-0.25, -0.2) is 0 Å². The summed E-state index contributed by atoms with van der Waals surface area (Å²) in [5, 5.41) is 4.87. The lowest BCUT2D eigenvalue weighted by Crippen LogP contribution is -2.49. The number of carbonyl (C=O) groups is 1. The Balaban J connectivity index is 1.67. The maximum Gasteiger partial charge on any atom is 0.268 e. The van der Waals surface area contributed by atoms with Crippen LogP contribution in [-0.2, 0) is 10.3 Å². The number of amides is 1. The summed E-state index contributed by atoms with van der Waals surface area (Å²) in [5.74, 6) is -0.126. The summed E-state index contributed by atoms with van der Waals surface area (Å²) >= 11 is 9.57. The minimum absolute atomic E-state index is 0.126. The molecule has 2 heterocycles. The van der Waals surface area contributed by atoms with Gasteiger partial charge >= 0.3 is 0 Å². The molecule has 4 nitrogen and oxygen atoms in total. The number of hydrogen-bond acceptors (Lipinski definition) is 2. The molecule has 134 valence electrons. The van der Waals surface area contributed by atoms with Crippen molar-refractivity contribution in [3.63, 3.8) is 0 Å². The molecule has 0 aliphatic carbocycles. The molecule has 1 fully saturated rings. The number of ether oxygens (including phenoxy) is 1. The summed E-state index contributed by atoms with van der Waals surface area (Å²) in [5.41, 5.74) is 2.03. The highest BCUT2D eigenvalue weighted by Gasteiger charge is 2.36. The van der Waals surface area contributed by atoms with Crippen LogP contribution in [0.25, 0.3) is 10.9 Å². The van der Waals surface area contributed by atoms with Crippen molar-refractivity contribution >= 4 is 44.3 Å². The van der Waals surface area contributed by atoms with E-state index in [9.17, 15) is 4.79 Å². The molecule has 2 N–H and O–H groups in total. The highest BCUT2D eigenvalue weighted by Crippen LogP contribution is 2.34. The van der Waals surface area contributed by atoms with Gasteiger partial charge in [0.05, 0.1) is 5.54 Å². The first-order valence-corrected chi connectivity index (χ1v) is 9.67. The first-order valence-electron chi connectivity index (χ1n) is 8.50. The van der Waals surface area contributed by atoms with E-state index in [0.29, 0.717) is 23.9 Å². The Labute approximate surface area is 165 Å². The van der Waals surface area contributed by atoms with Gasteiger partial charge in [-0.2, -0.15) is 0 Å². The third-order valence-electron chi connectivity index (χ3n) is 4.91. The molecule has 2 aromatic carbocycles. The zero-order valence-electron chi connectivity index (χ0n) is 14.0. The van der Waals surface area contributed by atoms with Crippen molar-refractivity contribution in [2.75, 3.05) is 13.2 Å². The lowest BCUT2D eigenvalue weighted by atomic mass is 9.82. The van der Waals surface area contributed by atoms with Crippen LogP contribution >= 0.6 is 27.5 Å². The van der Waals surface area contributed by atoms with Crippen LogP contribution in [-0.4, -0.2) is 24.1 Å². The SMILES string of the molecule is O=C(NC1(c2cccc(Br)c2)CCOCC1)c1cc2ccc(Cl)cc2[nH]1. The van der Waals surface area contributed by atoms with Crippen LogP contribution in [0.3, 0.4) is 0 Å². The molecule has 1 amide bonds. The number of hydrogen-bond donors (Lipinski definition) is 2. The third-order valence-corrected chi connectivity index (χ3v) is 5.63. The number of H-pyrrole nitrogens is 1. The molecule has 0 radical (unpaired) electrons. The summed E-state index contributed by atoms with van der Waals surface area (Å²) in [6.07, 6.45) is 1.47. The Kier molecular flexibility index (Phi) is 4.78. The summed E-state index contributed by atoms with van der Waals surface area (Å²) in [6, 6.07) is 15.5. The topological polar surface area (TPSA) is 54.1 Å². The van der Waals surface area contributed by atoms with Crippen molar-refractivity contribution in [2.24, 2.45) is 0 Å². The van der Waals surface area contributed by atoms with Gasteiger partial charge in [-0.15, -0.1) is 0 Å². The third kappa shape index (κ3) is 3.39. The van der Waals surface area contributed by atoms with Crippen molar-refractivity contribution in [1.29, 1.82) is 0 Å². The maximum atomic E-state index is 13.0. The molecule has 1 aromatic heterocycles. The van der Waals surface area contributed by atoms with Crippen LogP contribution in [0.15, 0.2) is 53.0 Å². The minimum atomic E-state index is -0.436. The Morgan fingerprint density at radius 3 is 2.73 bits per heavy atom. The van der Waals surface area contributed by atoms with Crippen molar-refractivity contribution in [2.45, 2.75) is 18.4 Å². The highest BCUT2D eigenvalue weighted by molar-refractivity contribution is 9.10. The molecule has 0 atom stereocenters. The van der Waals surface area contributed by atoms with Gasteiger partial charge in [-0.3, -0.25) is 4.79 Å². The second-order valence-electron chi connectivity index (χ2n) is 6.57. The van der Waals surface area contributed by atoms with Crippen LogP contribution < -0.4 is 5.32 Å². The highest BCUT2D eigenvalue weighted by atomic mass is 79.9. The molecule has 6 heteroatoms. The van der Waals surface area contributed by atoms with Crippen molar-refractivity contribution in [1.82, 2.24) is 10.3 Å². The molecular weight excluding hydrogens is 416 g/mol. The summed E-state index contributed by atoms with van der Waals surface area (Å²) in [7, 11) is 0. The van der Waals surface area contributed by atoms with Gasteiger partial charge in [0.2, 0.25) is 0 Å². The first-order chi connectivity index (χ1) is 12.6. The fourth-order valence-corrected chi connectivity index (χ4v) is 4.07. The monoisotopic (exact) mass is 432 g/mol. The molecule has 3 aromatic rings. The Morgan fingerprint density at radius 1 is 1.15 bits per heavy atom. The Bertz CT molecular complexity index is 963. The second kappa shape index (κ2) is 7.06. The Hall–Kier alpha value is -1.82. The van der Waals surface area contributed by atoms with E-state index in [1.54, 1.807) is 0 Å². The van der Waals surface area contributed by atoms with Gasteiger partial charge < -0.3 is 15.0 Å². The second-order valence-corrected chi connectivity index (χ2v) is 7.93. The van der Waals surface area contributed by atoms with Crippen molar-refractivity contribution in [3.05, 3.63) is 69.3 Å². The quantitative estimate of drug-likeness (QED) is 0.609. The van der Waals surface area contributed by atoms with Gasteiger partial charge in [0.25, 0.3) is 5.91 Å². The number of aromatic amines is 1. The zero-order chi connectivity index (χ0) is 18.1. The van der Waals surface area contributed by atoms with Crippen molar-refractivity contribution in [3.8, 4) is 0 Å². The molecular formula is C20H18BrClN2O2. The van der Waals surface area contributed by atoms with E-state index in [-0.39, 0.29) is 5.91 Å². The van der Waals surface area contributed by atoms with E-state index in [2.05, 4.69) is 38.4 Å². The number of halogens is 2. The standard InChI is InChI=1S/C20H18BrClN2O2/c21-15-3-1-2-14(11-15)20(6-8-26-9-7-20)24-19(25)18-10-13-4-5-16(22)12-17(13)23-18/h1-5,10-12,23H,6-9H2,(H,24,25). The van der Waals surface area contributed by atoms with Crippen molar-refractivity contribution < 1.29 is 9.53 Å².